The fourth-order valence-corrected chi connectivity index (χ4v) is 16.3. The van der Waals surface area contributed by atoms with E-state index in [0.717, 1.165) is 158 Å². The van der Waals surface area contributed by atoms with Crippen LogP contribution >= 0.6 is 50.7 Å². The Morgan fingerprint density at radius 1 is 0.491 bits per heavy atom. The van der Waals surface area contributed by atoms with Crippen LogP contribution in [0.4, 0.5) is 25.8 Å². The van der Waals surface area contributed by atoms with E-state index in [1.165, 1.54) is 35.1 Å². The van der Waals surface area contributed by atoms with E-state index in [1.54, 1.807) is 0 Å². The van der Waals surface area contributed by atoms with Crippen molar-refractivity contribution in [3.8, 4) is 0 Å². The average Bonchev–Trinajstić information content (AvgIpc) is 1.60. The molecule has 7 heterocycles. The van der Waals surface area contributed by atoms with E-state index < -0.39 is 23.9 Å². The number of halogens is 4. The number of carbonyl (C=O) groups is 7. The first-order valence-corrected chi connectivity index (χ1v) is 43.0. The van der Waals surface area contributed by atoms with Crippen molar-refractivity contribution in [1.29, 1.82) is 0 Å². The van der Waals surface area contributed by atoms with Gasteiger partial charge < -0.3 is 54.2 Å². The standard InChI is InChI=1S/C30H33N3O3.C19H27ClN2O2.C17H18BNO3.C11H20N2O2.C8H8Cl2.C5H6BrNO2/c1-29(2,3)36-28(35)32-15-16-33(30(19-32)13-14-30)18-21-9-7-20(8-10-21)17-22-11-12-25-26-23(22)5-4-6-24(26)27(34)31-25;1-18(2,3)24-17(23)21-10-11-22(19(14-21)8-9-19)13-16-6-4-15(12-20)5-7-16;1-16(2)17(3,4)22-18(21-16)12-8-9-13-14-10(12)6-5-7-11(14)15(20)19-13;1-10(2,3)15-9(14)13-7-6-12-11(8-13)4-5-11;9-5-7-1-2-8(6-10)4-3-7;6-3-1-2-4(8)7-5(3)9/h4-12H,13-19H2,1-3H3,(H,31,34);4-7H,8-14H2,1-3H3;5-9H,1-4H3,(H,19,20);12H,4-8H2,1-3H3;1-4H,5-6H2;3H,1-2H2,(H,7,8,9). The number of ether oxygens (including phenoxy) is 3. The molecule has 10 aliphatic rings. The zero-order chi connectivity index (χ0) is 83.5. The quantitative estimate of drug-likeness (QED) is 0.0432. The monoisotopic (exact) mass is 1710 g/mol. The Morgan fingerprint density at radius 2 is 0.897 bits per heavy atom. The van der Waals surface area contributed by atoms with Gasteiger partial charge in [0.1, 0.15) is 16.8 Å². The van der Waals surface area contributed by atoms with Crippen LogP contribution in [-0.2, 0) is 70.3 Å². The van der Waals surface area contributed by atoms with Gasteiger partial charge in [0.05, 0.1) is 16.0 Å². The van der Waals surface area contributed by atoms with Gasteiger partial charge in [-0.15, -0.1) is 34.8 Å². The maximum absolute atomic E-state index is 12.6. The van der Waals surface area contributed by atoms with Gasteiger partial charge in [0.2, 0.25) is 11.8 Å². The summed E-state index contributed by atoms with van der Waals surface area (Å²) in [6.45, 7) is 34.4. The van der Waals surface area contributed by atoms with Gasteiger partial charge in [-0.25, -0.2) is 14.4 Å². The number of rotatable bonds is 10. The molecule has 3 spiro atoms. The Morgan fingerprint density at radius 3 is 1.30 bits per heavy atom. The minimum atomic E-state index is -0.464. The zero-order valence-electron chi connectivity index (χ0n) is 69.3. The molecule has 3 aliphatic carbocycles. The third-order valence-corrected chi connectivity index (χ3v) is 24.8. The van der Waals surface area contributed by atoms with Crippen LogP contribution in [0.3, 0.4) is 0 Å². The number of amides is 7. The molecule has 0 aromatic heterocycles. The van der Waals surface area contributed by atoms with Gasteiger partial charge in [-0.2, -0.15) is 0 Å². The number of alkyl halides is 4. The largest absolute Gasteiger partial charge is 0.495 e. The second kappa shape index (κ2) is 35.6. The van der Waals surface area contributed by atoms with Gasteiger partial charge in [-0.1, -0.05) is 125 Å². The summed E-state index contributed by atoms with van der Waals surface area (Å²) in [5.74, 6) is 1.25. The Labute approximate surface area is 706 Å². The third kappa shape index (κ3) is 21.8. The van der Waals surface area contributed by atoms with E-state index in [9.17, 15) is 33.6 Å². The average molecular weight is 1710 g/mol. The van der Waals surface area contributed by atoms with Crippen molar-refractivity contribution < 1.29 is 57.1 Å². The summed E-state index contributed by atoms with van der Waals surface area (Å²) in [6.07, 6.45) is 8.30. The Balaban J connectivity index is 0.000000137. The Hall–Kier alpha value is -7.84. The third-order valence-electron chi connectivity index (χ3n) is 23.0. The zero-order valence-corrected chi connectivity index (χ0v) is 73.1. The topological polar surface area (TPSA) is 230 Å². The molecule has 5 saturated heterocycles. The molecular formula is C90H112BBrCl3N9O12. The van der Waals surface area contributed by atoms with Gasteiger partial charge >= 0.3 is 25.4 Å². The highest BCUT2D eigenvalue weighted by Crippen LogP contribution is 2.48. The molecule has 21 nitrogen and oxygen atoms in total. The molecule has 7 aromatic rings. The van der Waals surface area contributed by atoms with E-state index in [4.69, 9.17) is 58.3 Å². The van der Waals surface area contributed by atoms with Crippen molar-refractivity contribution in [2.75, 3.05) is 69.5 Å². The summed E-state index contributed by atoms with van der Waals surface area (Å²) in [5.41, 5.74) is 11.2. The number of piperidine rings is 1. The van der Waals surface area contributed by atoms with Gasteiger partial charge in [0.15, 0.2) is 0 Å². The summed E-state index contributed by atoms with van der Waals surface area (Å²) in [5, 5.41) is 15.7. The second-order valence-corrected chi connectivity index (χ2v) is 38.0. The fraction of sp³-hybridized carbons (Fsp3) is 0.500. The van der Waals surface area contributed by atoms with Crippen LogP contribution in [0, 0.1) is 0 Å². The molecule has 3 saturated carbocycles. The van der Waals surface area contributed by atoms with Crippen LogP contribution in [0.25, 0.3) is 21.5 Å². The van der Waals surface area contributed by atoms with E-state index >= 15 is 0 Å². The van der Waals surface area contributed by atoms with E-state index in [-0.39, 0.29) is 74.6 Å². The van der Waals surface area contributed by atoms with Gasteiger partial charge in [0, 0.05) is 146 Å². The highest BCUT2D eigenvalue weighted by atomic mass is 79.9. The SMILES string of the molecule is CC(C)(C)OC(=O)N1CCN(Cc2ccc(CCl)cc2)C2(CC2)C1.CC(C)(C)OC(=O)N1CCN(Cc2ccc(Cc3ccc4c5c(cccc35)C(=O)N4)cc2)C2(CC2)C1.CC(C)(C)OC(=O)N1CCNC2(CC2)C1.CC1(C)OB(c2ccc3c4c(cccc24)C(=O)N3)OC1(C)C.ClCc1ccc(CCl)cc1.O=C1CCC(Br)C(=O)N1. The molecule has 116 heavy (non-hydrogen) atoms. The van der Waals surface area contributed by atoms with E-state index in [0.29, 0.717) is 42.6 Å². The predicted molar refractivity (Wildman–Crippen MR) is 464 cm³/mol. The van der Waals surface area contributed by atoms with Crippen LogP contribution < -0.4 is 26.7 Å². The van der Waals surface area contributed by atoms with Crippen LogP contribution in [0.2, 0.25) is 0 Å². The molecule has 0 bridgehead atoms. The van der Waals surface area contributed by atoms with Crippen LogP contribution in [0.1, 0.15) is 201 Å². The highest BCUT2D eigenvalue weighted by molar-refractivity contribution is 9.10. The summed E-state index contributed by atoms with van der Waals surface area (Å²) in [6, 6.07) is 45.2. The number of nitrogens with zero attached hydrogens (tertiary/aromatic N) is 5. The molecule has 4 N–H and O–H groups in total. The number of imide groups is 1. The van der Waals surface area contributed by atoms with Gasteiger partial charge in [-0.3, -0.25) is 34.3 Å². The molecule has 7 aromatic carbocycles. The van der Waals surface area contributed by atoms with Crippen LogP contribution in [0.5, 0.6) is 0 Å². The number of nitrogens with one attached hydrogen (secondary N) is 4. The summed E-state index contributed by atoms with van der Waals surface area (Å²) >= 11 is 20.2. The minimum Gasteiger partial charge on any atom is -0.444 e. The number of carbonyl (C=O) groups excluding carboxylic acids is 7. The molecule has 1 atom stereocenters. The first kappa shape index (κ1) is 87.5. The molecule has 26 heteroatoms. The van der Waals surface area contributed by atoms with Crippen molar-refractivity contribution in [2.45, 2.75) is 228 Å². The van der Waals surface area contributed by atoms with Crippen molar-refractivity contribution in [3.63, 3.8) is 0 Å². The number of benzene rings is 7. The molecule has 8 fully saturated rings. The number of anilines is 2. The number of piperazine rings is 3. The smallest absolute Gasteiger partial charge is 0.444 e. The first-order valence-electron chi connectivity index (χ1n) is 40.5. The molecule has 17 rings (SSSR count). The number of hydrogen-bond acceptors (Lipinski definition) is 15. The van der Waals surface area contributed by atoms with Crippen molar-refractivity contribution >= 4 is 138 Å². The Bertz CT molecular complexity index is 4730. The summed E-state index contributed by atoms with van der Waals surface area (Å²) in [4.78, 5) is 92.6. The van der Waals surface area contributed by atoms with E-state index in [1.807, 2.05) is 178 Å². The lowest BCUT2D eigenvalue weighted by molar-refractivity contribution is -0.132. The lowest BCUT2D eigenvalue weighted by atomic mass is 9.75. The molecule has 0 radical (unpaired) electrons. The lowest BCUT2D eigenvalue weighted by Crippen LogP contribution is -2.56. The summed E-state index contributed by atoms with van der Waals surface area (Å²) < 4.78 is 28.8. The maximum Gasteiger partial charge on any atom is 0.495 e. The molecule has 620 valence electrons. The van der Waals surface area contributed by atoms with Crippen LogP contribution in [-0.4, -0.2) is 182 Å². The normalized spacial score (nSPS) is 20.1. The highest BCUT2D eigenvalue weighted by Gasteiger charge is 2.55. The van der Waals surface area contributed by atoms with E-state index in [2.05, 4.69) is 108 Å². The molecular weight excluding hydrogens is 1600 g/mol. The van der Waals surface area contributed by atoms with Crippen molar-refractivity contribution in [2.24, 2.45) is 0 Å². The second-order valence-electron chi connectivity index (χ2n) is 36.1. The number of hydrogen-bond donors (Lipinski definition) is 4. The minimum absolute atomic E-state index is 0.0162. The molecule has 7 amide bonds. The Kier molecular flexibility index (Phi) is 26.9. The predicted octanol–water partition coefficient (Wildman–Crippen LogP) is 17.0. The van der Waals surface area contributed by atoms with Gasteiger partial charge in [0.25, 0.3) is 11.8 Å². The van der Waals surface area contributed by atoms with Crippen molar-refractivity contribution in [3.05, 3.63) is 184 Å². The lowest BCUT2D eigenvalue weighted by Gasteiger charge is -2.42. The molecule has 1 unspecified atom stereocenters. The molecule has 7 aliphatic heterocycles. The fourth-order valence-electron chi connectivity index (χ4n) is 15.4. The van der Waals surface area contributed by atoms with Gasteiger partial charge in [-0.05, 0) is 221 Å². The first-order chi connectivity index (χ1) is 54.8. The van der Waals surface area contributed by atoms with Crippen LogP contribution in [0.15, 0.2) is 133 Å². The maximum atomic E-state index is 12.6. The summed E-state index contributed by atoms with van der Waals surface area (Å²) in [7, 11) is -0.426. The van der Waals surface area contributed by atoms with Crippen molar-refractivity contribution in [1.82, 2.24) is 35.1 Å².